The van der Waals surface area contributed by atoms with Crippen LogP contribution < -0.4 is 5.73 Å². The monoisotopic (exact) mass is 354 g/mol. The van der Waals surface area contributed by atoms with Gasteiger partial charge in [0, 0.05) is 15.6 Å². The maximum absolute atomic E-state index is 13.4. The minimum Gasteiger partial charge on any atom is -0.395 e. The first-order chi connectivity index (χ1) is 8.12. The van der Waals surface area contributed by atoms with Gasteiger partial charge in [-0.2, -0.15) is 5.06 Å². The number of nitrogens with two attached hydrogens (primary N) is 1. The Morgan fingerprint density at radius 2 is 2.00 bits per heavy atom. The van der Waals surface area contributed by atoms with Gasteiger partial charge in [-0.05, 0) is 48.8 Å². The Morgan fingerprint density at radius 1 is 1.47 bits per heavy atom. The van der Waals surface area contributed by atoms with Crippen molar-refractivity contribution in [1.82, 2.24) is 5.06 Å². The third-order valence-corrected chi connectivity index (χ3v) is 3.12. The van der Waals surface area contributed by atoms with Crippen LogP contribution in [0.5, 0.6) is 0 Å². The maximum atomic E-state index is 13.4. The molecule has 0 atom stereocenters. The van der Waals surface area contributed by atoms with Crippen LogP contribution in [-0.2, 0) is 0 Å². The normalized spacial score (nSPS) is 11.3. The zero-order valence-corrected chi connectivity index (χ0v) is 13.3. The van der Waals surface area contributed by atoms with Crippen LogP contribution in [0, 0.1) is 5.82 Å². The molecule has 0 aliphatic carbocycles. The molecule has 0 heterocycles. The minimum absolute atomic E-state index is 0. The van der Waals surface area contributed by atoms with Gasteiger partial charge in [-0.25, -0.2) is 4.39 Å². The second-order valence-electron chi connectivity index (χ2n) is 5.01. The van der Waals surface area contributed by atoms with Gasteiger partial charge in [0.25, 0.3) is 0 Å². The molecule has 1 rings (SSSR count). The topological polar surface area (TPSA) is 66.6 Å². The van der Waals surface area contributed by atoms with E-state index in [1.807, 2.05) is 0 Å². The summed E-state index contributed by atoms with van der Waals surface area (Å²) in [7, 11) is 0. The summed E-state index contributed by atoms with van der Waals surface area (Å²) in [6, 6.07) is 2.51. The number of nitrogen functional groups attached to an aromatic ring is 1. The lowest BCUT2D eigenvalue weighted by molar-refractivity contribution is -0.146. The van der Waals surface area contributed by atoms with Crippen molar-refractivity contribution in [2.45, 2.75) is 26.3 Å². The molecule has 0 saturated heterocycles. The van der Waals surface area contributed by atoms with E-state index < -0.39 is 11.4 Å². The molecule has 0 radical (unpaired) electrons. The van der Waals surface area contributed by atoms with Crippen LogP contribution in [0.15, 0.2) is 16.6 Å². The molecule has 0 spiro atoms. The highest BCUT2D eigenvalue weighted by Gasteiger charge is 2.23. The van der Waals surface area contributed by atoms with Crippen molar-refractivity contribution >= 4 is 39.8 Å². The van der Waals surface area contributed by atoms with E-state index in [1.165, 1.54) is 6.07 Å². The van der Waals surface area contributed by atoms with Crippen molar-refractivity contribution in [2.24, 2.45) is 0 Å². The molecule has 0 unspecified atom stereocenters. The van der Waals surface area contributed by atoms with Gasteiger partial charge in [0.1, 0.15) is 5.82 Å². The molecule has 0 aliphatic rings. The number of carbonyl (C=O) groups is 1. The first kappa shape index (κ1) is 18.3. The van der Waals surface area contributed by atoms with E-state index in [9.17, 15) is 14.4 Å². The molecular weight excluding hydrogens is 338 g/mol. The first-order valence-corrected chi connectivity index (χ1v) is 6.16. The lowest BCUT2D eigenvalue weighted by atomic mass is 10.1. The highest BCUT2D eigenvalue weighted by atomic mass is 79.9. The lowest BCUT2D eigenvalue weighted by Crippen LogP contribution is -2.41. The van der Waals surface area contributed by atoms with Crippen LogP contribution in [-0.4, -0.2) is 28.1 Å². The lowest BCUT2D eigenvalue weighted by Gasteiger charge is -2.28. The van der Waals surface area contributed by atoms with Gasteiger partial charge in [-0.1, -0.05) is 0 Å². The van der Waals surface area contributed by atoms with Gasteiger partial charge in [-0.3, -0.25) is 4.79 Å². The maximum Gasteiger partial charge on any atom is 0.179 e. The fourth-order valence-electron chi connectivity index (χ4n) is 1.21. The van der Waals surface area contributed by atoms with Gasteiger partial charge in [0.05, 0.1) is 12.2 Å². The highest BCUT2D eigenvalue weighted by Crippen LogP contribution is 2.24. The van der Waals surface area contributed by atoms with E-state index in [2.05, 4.69) is 15.9 Å². The Kier molecular flexibility index (Phi) is 6.41. The molecule has 108 valence electrons. The van der Waals surface area contributed by atoms with Crippen LogP contribution in [0.4, 0.5) is 10.1 Å². The van der Waals surface area contributed by atoms with Crippen LogP contribution >= 0.6 is 28.3 Å². The summed E-state index contributed by atoms with van der Waals surface area (Å²) in [5.74, 6) is -1.04. The summed E-state index contributed by atoms with van der Waals surface area (Å²) >= 11 is 3.08. The summed E-state index contributed by atoms with van der Waals surface area (Å²) in [5.41, 5.74) is 5.00. The fraction of sp³-hybridized carbons (Fsp3) is 0.417. The summed E-state index contributed by atoms with van der Waals surface area (Å²) in [4.78, 5) is 11.9. The van der Waals surface area contributed by atoms with Crippen LogP contribution in [0.25, 0.3) is 0 Å². The number of benzene rings is 1. The number of halogens is 3. The van der Waals surface area contributed by atoms with E-state index in [0.29, 0.717) is 4.47 Å². The van der Waals surface area contributed by atoms with Crippen LogP contribution in [0.1, 0.15) is 31.1 Å². The Bertz CT molecular complexity index is 454. The average Bonchev–Trinajstić information content (AvgIpc) is 2.23. The van der Waals surface area contributed by atoms with Crippen molar-refractivity contribution in [2.75, 3.05) is 12.3 Å². The van der Waals surface area contributed by atoms with Crippen molar-refractivity contribution < 1.29 is 14.4 Å². The van der Waals surface area contributed by atoms with Gasteiger partial charge >= 0.3 is 0 Å². The standard InChI is InChI=1S/C12H16BrFN2O2.ClH/c1-12(2,3)16(18)6-10(17)7-4-8(13)11(15)9(14)5-7;/h4-5,18H,6,15H2,1-3H3;1H. The van der Waals surface area contributed by atoms with E-state index in [4.69, 9.17) is 5.73 Å². The fourth-order valence-corrected chi connectivity index (χ4v) is 1.65. The quantitative estimate of drug-likeness (QED) is 0.496. The van der Waals surface area contributed by atoms with Crippen molar-refractivity contribution in [1.29, 1.82) is 0 Å². The summed E-state index contributed by atoms with van der Waals surface area (Å²) in [5, 5.41) is 10.6. The van der Waals surface area contributed by atoms with Crippen molar-refractivity contribution in [3.05, 3.63) is 28.0 Å². The Hall–Kier alpha value is -0.690. The van der Waals surface area contributed by atoms with Gasteiger partial charge in [0.2, 0.25) is 0 Å². The molecule has 19 heavy (non-hydrogen) atoms. The molecule has 4 nitrogen and oxygen atoms in total. The second kappa shape index (κ2) is 6.65. The van der Waals surface area contributed by atoms with E-state index >= 15 is 0 Å². The molecule has 0 aromatic heterocycles. The number of anilines is 1. The third-order valence-electron chi connectivity index (χ3n) is 2.47. The minimum atomic E-state index is -0.659. The molecule has 1 aromatic rings. The van der Waals surface area contributed by atoms with Crippen molar-refractivity contribution in [3.8, 4) is 0 Å². The number of Topliss-reactive ketones (excluding diaryl/α,β-unsaturated/α-hetero) is 1. The Balaban J connectivity index is 0.00000324. The van der Waals surface area contributed by atoms with Gasteiger partial charge in [0.15, 0.2) is 5.78 Å². The first-order valence-electron chi connectivity index (χ1n) is 5.37. The number of hydroxylamine groups is 2. The summed E-state index contributed by atoms with van der Waals surface area (Å²) < 4.78 is 13.7. The average molecular weight is 356 g/mol. The SMILES string of the molecule is CC(C)(C)N(O)CC(=O)c1cc(F)c(N)c(Br)c1.Cl. The molecule has 0 bridgehead atoms. The predicted octanol–water partition coefficient (Wildman–Crippen LogP) is 3.26. The molecule has 0 saturated carbocycles. The van der Waals surface area contributed by atoms with Gasteiger partial charge in [-0.15, -0.1) is 12.4 Å². The van der Waals surface area contributed by atoms with Crippen LogP contribution in [0.2, 0.25) is 0 Å². The Morgan fingerprint density at radius 3 is 2.42 bits per heavy atom. The number of hydrogen-bond acceptors (Lipinski definition) is 4. The van der Waals surface area contributed by atoms with Crippen molar-refractivity contribution in [3.63, 3.8) is 0 Å². The largest absolute Gasteiger partial charge is 0.395 e. The van der Waals surface area contributed by atoms with E-state index in [1.54, 1.807) is 20.8 Å². The van der Waals surface area contributed by atoms with Gasteiger partial charge < -0.3 is 10.9 Å². The number of carbonyl (C=O) groups excluding carboxylic acids is 1. The zero-order chi connectivity index (χ0) is 14.1. The van der Waals surface area contributed by atoms with E-state index in [-0.39, 0.29) is 36.0 Å². The highest BCUT2D eigenvalue weighted by molar-refractivity contribution is 9.10. The third kappa shape index (κ3) is 4.72. The zero-order valence-electron chi connectivity index (χ0n) is 10.9. The Labute approximate surface area is 126 Å². The number of hydrogen-bond donors (Lipinski definition) is 2. The molecule has 1 aromatic carbocycles. The summed E-state index contributed by atoms with van der Waals surface area (Å²) in [6.45, 7) is 5.08. The number of ketones is 1. The molecule has 7 heteroatoms. The summed E-state index contributed by atoms with van der Waals surface area (Å²) in [6.07, 6.45) is 0. The molecule has 0 aliphatic heterocycles. The molecular formula is C12H17BrClFN2O2. The molecule has 0 amide bonds. The van der Waals surface area contributed by atoms with E-state index in [0.717, 1.165) is 11.1 Å². The number of rotatable bonds is 3. The molecule has 0 fully saturated rings. The predicted molar refractivity (Wildman–Crippen MR) is 78.3 cm³/mol. The number of nitrogens with zero attached hydrogens (tertiary/aromatic N) is 1. The molecule has 3 N–H and O–H groups in total. The van der Waals surface area contributed by atoms with Crippen LogP contribution in [0.3, 0.4) is 0 Å². The smallest absolute Gasteiger partial charge is 0.179 e. The second-order valence-corrected chi connectivity index (χ2v) is 5.86.